The molecule has 0 spiro atoms. The molecule has 0 saturated carbocycles. The number of rotatable bonds is 6. The van der Waals surface area contributed by atoms with Crippen LogP contribution in [0, 0.1) is 11.7 Å². The second-order valence-corrected chi connectivity index (χ2v) is 6.12. The molecule has 0 amide bonds. The molecule has 1 aromatic heterocycles. The van der Waals surface area contributed by atoms with Crippen LogP contribution in [0.5, 0.6) is 17.2 Å². The summed E-state index contributed by atoms with van der Waals surface area (Å²) in [6.07, 6.45) is 1.73. The molecular weight excluding hydrogens is 364 g/mol. The van der Waals surface area contributed by atoms with E-state index in [1.807, 2.05) is 31.2 Å². The largest absolute Gasteiger partial charge is 0.493 e. The molecule has 3 aromatic rings. The highest BCUT2D eigenvalue weighted by molar-refractivity contribution is 7.71. The van der Waals surface area contributed by atoms with Gasteiger partial charge in [-0.05, 0) is 36.8 Å². The third-order valence-corrected chi connectivity index (χ3v) is 4.24. The van der Waals surface area contributed by atoms with Crippen LogP contribution in [0.25, 0.3) is 11.4 Å². The molecule has 0 atom stereocenters. The number of nitrogens with zero attached hydrogens (tertiary/aromatic N) is 3. The molecule has 0 aliphatic heterocycles. The van der Waals surface area contributed by atoms with Gasteiger partial charge in [0.05, 0.1) is 27.5 Å². The van der Waals surface area contributed by atoms with E-state index >= 15 is 0 Å². The Hall–Kier alpha value is -3.13. The van der Waals surface area contributed by atoms with Gasteiger partial charge in [0.15, 0.2) is 17.3 Å². The van der Waals surface area contributed by atoms with Crippen LogP contribution < -0.4 is 14.2 Å². The van der Waals surface area contributed by atoms with Crippen LogP contribution >= 0.6 is 12.2 Å². The Morgan fingerprint density at radius 2 is 1.67 bits per heavy atom. The zero-order valence-electron chi connectivity index (χ0n) is 15.5. The van der Waals surface area contributed by atoms with Crippen molar-refractivity contribution in [3.63, 3.8) is 0 Å². The first-order valence-electron chi connectivity index (χ1n) is 8.16. The van der Waals surface area contributed by atoms with Crippen LogP contribution in [-0.4, -0.2) is 42.4 Å². The summed E-state index contributed by atoms with van der Waals surface area (Å²) < 4.78 is 18.1. The van der Waals surface area contributed by atoms with Crippen LogP contribution in [0.2, 0.25) is 0 Å². The fourth-order valence-corrected chi connectivity index (χ4v) is 2.75. The Morgan fingerprint density at radius 1 is 1.04 bits per heavy atom. The minimum atomic E-state index is 0.377. The molecule has 27 heavy (non-hydrogen) atoms. The molecule has 0 saturated heterocycles. The molecule has 1 heterocycles. The number of ether oxygens (including phenoxy) is 3. The third-order valence-electron chi connectivity index (χ3n) is 3.97. The summed E-state index contributed by atoms with van der Waals surface area (Å²) in [7, 11) is 4.68. The molecule has 0 fully saturated rings. The fraction of sp³-hybridized carbons (Fsp3) is 0.211. The smallest absolute Gasteiger partial charge is 0.216 e. The Kier molecular flexibility index (Phi) is 5.56. The summed E-state index contributed by atoms with van der Waals surface area (Å²) in [4.78, 5) is 0. The summed E-state index contributed by atoms with van der Waals surface area (Å²) in [5.74, 6) is 2.08. The van der Waals surface area contributed by atoms with Crippen LogP contribution in [0.3, 0.4) is 0 Å². The molecule has 2 aromatic carbocycles. The minimum Gasteiger partial charge on any atom is -0.493 e. The summed E-state index contributed by atoms with van der Waals surface area (Å²) in [5.41, 5.74) is 2.86. The lowest BCUT2D eigenvalue weighted by atomic mass is 10.1. The first-order chi connectivity index (χ1) is 13.1. The zero-order chi connectivity index (χ0) is 19.4. The second-order valence-electron chi connectivity index (χ2n) is 5.73. The fourth-order valence-electron chi connectivity index (χ4n) is 2.57. The summed E-state index contributed by atoms with van der Waals surface area (Å²) in [6.45, 7) is 2.04. The van der Waals surface area contributed by atoms with Crippen molar-refractivity contribution >= 4 is 18.4 Å². The first kappa shape index (κ1) is 18.7. The van der Waals surface area contributed by atoms with Crippen LogP contribution in [0.4, 0.5) is 0 Å². The average molecular weight is 384 g/mol. The lowest BCUT2D eigenvalue weighted by Crippen LogP contribution is -1.99. The SMILES string of the molecule is COc1cc(-c2n[nH]c(=S)n2N=Cc2ccc(C)cc2)cc(OC)c1OC. The number of hydrogen-bond acceptors (Lipinski definition) is 6. The topological polar surface area (TPSA) is 73.7 Å². The Morgan fingerprint density at radius 3 is 2.22 bits per heavy atom. The van der Waals surface area contributed by atoms with E-state index in [0.29, 0.717) is 27.8 Å². The number of H-pyrrole nitrogens is 1. The monoisotopic (exact) mass is 384 g/mol. The highest BCUT2D eigenvalue weighted by Gasteiger charge is 2.17. The van der Waals surface area contributed by atoms with Crippen LogP contribution in [-0.2, 0) is 0 Å². The highest BCUT2D eigenvalue weighted by Crippen LogP contribution is 2.40. The van der Waals surface area contributed by atoms with E-state index < -0.39 is 0 Å². The quantitative estimate of drug-likeness (QED) is 0.517. The maximum Gasteiger partial charge on any atom is 0.216 e. The van der Waals surface area contributed by atoms with E-state index in [9.17, 15) is 0 Å². The molecule has 0 radical (unpaired) electrons. The Balaban J connectivity index is 2.06. The molecule has 0 unspecified atom stereocenters. The lowest BCUT2D eigenvalue weighted by molar-refractivity contribution is 0.324. The number of methoxy groups -OCH3 is 3. The zero-order valence-corrected chi connectivity index (χ0v) is 16.3. The number of hydrogen-bond donors (Lipinski definition) is 1. The second kappa shape index (κ2) is 8.05. The maximum atomic E-state index is 5.41. The van der Waals surface area contributed by atoms with Gasteiger partial charge in [0.2, 0.25) is 10.5 Å². The van der Waals surface area contributed by atoms with Gasteiger partial charge in [-0.25, -0.2) is 5.10 Å². The predicted octanol–water partition coefficient (Wildman–Crippen LogP) is 3.82. The molecule has 0 aliphatic rings. The van der Waals surface area contributed by atoms with E-state index in [2.05, 4.69) is 15.3 Å². The highest BCUT2D eigenvalue weighted by atomic mass is 32.1. The standard InChI is InChI=1S/C19H20N4O3S/c1-12-5-7-13(8-6-12)11-20-23-18(21-22-19(23)27)14-9-15(24-2)17(26-4)16(10-14)25-3/h5-11H,1-4H3,(H,22,27). The Labute approximate surface area is 162 Å². The van der Waals surface area contributed by atoms with E-state index in [-0.39, 0.29) is 0 Å². The number of benzene rings is 2. The van der Waals surface area contributed by atoms with Crippen LogP contribution in [0.15, 0.2) is 41.5 Å². The molecule has 8 heteroatoms. The van der Waals surface area contributed by atoms with Crippen LogP contribution in [0.1, 0.15) is 11.1 Å². The van der Waals surface area contributed by atoms with Crippen molar-refractivity contribution in [3.8, 4) is 28.6 Å². The maximum absolute atomic E-state index is 5.41. The Bertz CT molecular complexity index is 997. The predicted molar refractivity (Wildman–Crippen MR) is 107 cm³/mol. The van der Waals surface area contributed by atoms with Gasteiger partial charge in [-0.1, -0.05) is 29.8 Å². The summed E-state index contributed by atoms with van der Waals surface area (Å²) in [5, 5.41) is 11.5. The van der Waals surface area contributed by atoms with Crippen molar-refractivity contribution in [2.45, 2.75) is 6.92 Å². The summed E-state index contributed by atoms with van der Waals surface area (Å²) in [6, 6.07) is 11.6. The van der Waals surface area contributed by atoms with Gasteiger partial charge in [0.1, 0.15) is 0 Å². The van der Waals surface area contributed by atoms with Gasteiger partial charge in [-0.2, -0.15) is 14.9 Å². The summed E-state index contributed by atoms with van der Waals surface area (Å²) >= 11 is 5.32. The van der Waals surface area contributed by atoms with E-state index in [1.165, 1.54) is 5.56 Å². The van der Waals surface area contributed by atoms with Gasteiger partial charge >= 0.3 is 0 Å². The molecule has 140 valence electrons. The van der Waals surface area contributed by atoms with Crippen molar-refractivity contribution < 1.29 is 14.2 Å². The minimum absolute atomic E-state index is 0.377. The van der Waals surface area contributed by atoms with Gasteiger partial charge in [0, 0.05) is 5.56 Å². The van der Waals surface area contributed by atoms with Gasteiger partial charge in [0.25, 0.3) is 0 Å². The number of nitrogens with one attached hydrogen (secondary N) is 1. The van der Waals surface area contributed by atoms with Crippen molar-refractivity contribution in [2.75, 3.05) is 21.3 Å². The van der Waals surface area contributed by atoms with E-state index in [1.54, 1.807) is 44.4 Å². The van der Waals surface area contributed by atoms with Crippen molar-refractivity contribution in [1.29, 1.82) is 0 Å². The average Bonchev–Trinajstić information content (AvgIpc) is 3.06. The van der Waals surface area contributed by atoms with Gasteiger partial charge in [-0.3, -0.25) is 0 Å². The number of aryl methyl sites for hydroxylation is 1. The van der Waals surface area contributed by atoms with Crippen molar-refractivity contribution in [2.24, 2.45) is 5.10 Å². The molecule has 0 bridgehead atoms. The lowest BCUT2D eigenvalue weighted by Gasteiger charge is -2.13. The molecule has 0 aliphatic carbocycles. The number of aromatic nitrogens is 3. The molecular formula is C19H20N4O3S. The third kappa shape index (κ3) is 3.85. The van der Waals surface area contributed by atoms with Crippen molar-refractivity contribution in [3.05, 3.63) is 52.3 Å². The normalized spacial score (nSPS) is 11.0. The number of aromatic amines is 1. The first-order valence-corrected chi connectivity index (χ1v) is 8.57. The molecule has 7 nitrogen and oxygen atoms in total. The molecule has 3 rings (SSSR count). The molecule has 1 N–H and O–H groups in total. The van der Waals surface area contributed by atoms with Gasteiger partial charge < -0.3 is 14.2 Å². The van der Waals surface area contributed by atoms with E-state index in [0.717, 1.165) is 11.1 Å². The van der Waals surface area contributed by atoms with Crippen molar-refractivity contribution in [1.82, 2.24) is 14.9 Å². The van der Waals surface area contributed by atoms with Gasteiger partial charge in [-0.15, -0.1) is 0 Å². The van der Waals surface area contributed by atoms with E-state index in [4.69, 9.17) is 26.4 Å².